The molecule has 0 saturated carbocycles. The summed E-state index contributed by atoms with van der Waals surface area (Å²) in [5.41, 5.74) is 0.302. The van der Waals surface area contributed by atoms with E-state index in [1.54, 1.807) is 31.9 Å². The monoisotopic (exact) mass is 476 g/mol. The number of carbonyl (C=O) groups excluding carboxylic acids is 2. The molecule has 0 unspecified atom stereocenters. The number of para-hydroxylation sites is 1. The van der Waals surface area contributed by atoms with E-state index < -0.39 is 11.5 Å². The van der Waals surface area contributed by atoms with Crippen molar-refractivity contribution in [3.05, 3.63) is 56.2 Å². The number of H-pyrrole nitrogens is 1. The third-order valence-electron chi connectivity index (χ3n) is 4.25. The number of aromatic amines is 1. The van der Waals surface area contributed by atoms with E-state index in [2.05, 4.69) is 31.2 Å². The summed E-state index contributed by atoms with van der Waals surface area (Å²) >= 11 is 3.38. The number of hydrogen-bond acceptors (Lipinski definition) is 7. The minimum Gasteiger partial charge on any atom is -0.462 e. The van der Waals surface area contributed by atoms with E-state index in [-0.39, 0.29) is 48.0 Å². The Morgan fingerprint density at radius 1 is 1.33 bits per heavy atom. The highest BCUT2D eigenvalue weighted by atomic mass is 79.9. The number of carbonyl (C=O) groups is 2. The summed E-state index contributed by atoms with van der Waals surface area (Å²) < 4.78 is 11.3. The molecule has 30 heavy (non-hydrogen) atoms. The van der Waals surface area contributed by atoms with Crippen molar-refractivity contribution < 1.29 is 18.7 Å². The van der Waals surface area contributed by atoms with Crippen molar-refractivity contribution in [3.63, 3.8) is 0 Å². The van der Waals surface area contributed by atoms with E-state index in [4.69, 9.17) is 9.15 Å². The number of ether oxygens (including phenoxy) is 1. The second kappa shape index (κ2) is 9.23. The minimum atomic E-state index is -0.630. The van der Waals surface area contributed by atoms with Crippen molar-refractivity contribution >= 4 is 44.6 Å². The fourth-order valence-electron chi connectivity index (χ4n) is 3.00. The van der Waals surface area contributed by atoms with Gasteiger partial charge < -0.3 is 19.5 Å². The van der Waals surface area contributed by atoms with Gasteiger partial charge in [0.1, 0.15) is 22.5 Å². The van der Waals surface area contributed by atoms with Crippen LogP contribution in [-0.4, -0.2) is 46.9 Å². The first-order valence-electron chi connectivity index (χ1n) is 9.22. The van der Waals surface area contributed by atoms with Crippen LogP contribution in [0.25, 0.3) is 11.1 Å². The lowest BCUT2D eigenvalue weighted by Crippen LogP contribution is -2.31. The molecule has 0 aliphatic rings. The molecule has 0 saturated heterocycles. The molecule has 0 bridgehead atoms. The molecule has 2 heterocycles. The normalized spacial score (nSPS) is 11.1. The Hall–Kier alpha value is -2.98. The molecule has 9 nitrogen and oxygen atoms in total. The second-order valence-electron chi connectivity index (χ2n) is 6.65. The third kappa shape index (κ3) is 4.77. The van der Waals surface area contributed by atoms with Crippen LogP contribution in [0.15, 0.2) is 37.9 Å². The van der Waals surface area contributed by atoms with Gasteiger partial charge in [-0.2, -0.15) is 4.98 Å². The topological polar surface area (TPSA) is 118 Å². The molecule has 1 aromatic carbocycles. The maximum atomic E-state index is 12.6. The minimum absolute atomic E-state index is 0.0559. The van der Waals surface area contributed by atoms with Crippen molar-refractivity contribution in [1.29, 1.82) is 0 Å². The van der Waals surface area contributed by atoms with Crippen LogP contribution in [0, 0.1) is 6.92 Å². The number of anilines is 1. The SMILES string of the molecule is CCOC(=O)c1c(C)oc2nc(CN(C)CC(=O)Nc3ccccc3Br)[nH]c(=O)c12. The fourth-order valence-corrected chi connectivity index (χ4v) is 3.38. The number of aromatic nitrogens is 2. The highest BCUT2D eigenvalue weighted by Gasteiger charge is 2.24. The zero-order valence-electron chi connectivity index (χ0n) is 16.7. The third-order valence-corrected chi connectivity index (χ3v) is 4.94. The van der Waals surface area contributed by atoms with E-state index in [1.165, 1.54) is 0 Å². The molecular weight excluding hydrogens is 456 g/mol. The number of nitrogens with zero attached hydrogens (tertiary/aromatic N) is 2. The molecule has 0 atom stereocenters. The summed E-state index contributed by atoms with van der Waals surface area (Å²) in [7, 11) is 1.72. The van der Waals surface area contributed by atoms with Gasteiger partial charge in [0.2, 0.25) is 11.6 Å². The number of likely N-dealkylation sites (N-methyl/N-ethyl adjacent to an activating group) is 1. The molecule has 0 fully saturated rings. The van der Waals surface area contributed by atoms with E-state index in [0.717, 1.165) is 4.47 Å². The van der Waals surface area contributed by atoms with Gasteiger partial charge in [0.25, 0.3) is 5.56 Å². The van der Waals surface area contributed by atoms with Crippen LogP contribution in [0.1, 0.15) is 28.9 Å². The van der Waals surface area contributed by atoms with Gasteiger partial charge >= 0.3 is 5.97 Å². The number of benzene rings is 1. The van der Waals surface area contributed by atoms with Gasteiger partial charge in [-0.3, -0.25) is 14.5 Å². The van der Waals surface area contributed by atoms with Crippen LogP contribution < -0.4 is 10.9 Å². The molecular formula is C20H21BrN4O5. The Morgan fingerprint density at radius 3 is 2.77 bits per heavy atom. The average Bonchev–Trinajstić information content (AvgIpc) is 3.00. The number of fused-ring (bicyclic) bond motifs is 1. The van der Waals surface area contributed by atoms with Crippen LogP contribution in [0.3, 0.4) is 0 Å². The summed E-state index contributed by atoms with van der Waals surface area (Å²) in [5.74, 6) is -0.270. The lowest BCUT2D eigenvalue weighted by atomic mass is 10.2. The number of hydrogen-bond donors (Lipinski definition) is 2. The molecule has 3 aromatic rings. The number of amides is 1. The predicted octanol–water partition coefficient (Wildman–Crippen LogP) is 2.83. The molecule has 0 aliphatic heterocycles. The molecule has 2 N–H and O–H groups in total. The van der Waals surface area contributed by atoms with Crippen molar-refractivity contribution in [3.8, 4) is 0 Å². The van der Waals surface area contributed by atoms with Crippen LogP contribution >= 0.6 is 15.9 Å². The largest absolute Gasteiger partial charge is 0.462 e. The zero-order valence-corrected chi connectivity index (χ0v) is 18.3. The number of esters is 1. The van der Waals surface area contributed by atoms with Gasteiger partial charge in [-0.05, 0) is 49.0 Å². The van der Waals surface area contributed by atoms with Crippen LogP contribution in [0.2, 0.25) is 0 Å². The summed E-state index contributed by atoms with van der Waals surface area (Å²) in [4.78, 5) is 45.6. The highest BCUT2D eigenvalue weighted by Crippen LogP contribution is 2.22. The van der Waals surface area contributed by atoms with Gasteiger partial charge in [0.15, 0.2) is 0 Å². The molecule has 3 rings (SSSR count). The molecule has 1 amide bonds. The second-order valence-corrected chi connectivity index (χ2v) is 7.50. The quantitative estimate of drug-likeness (QED) is 0.503. The van der Waals surface area contributed by atoms with Crippen molar-refractivity contribution in [2.75, 3.05) is 25.5 Å². The Morgan fingerprint density at radius 2 is 2.07 bits per heavy atom. The summed E-state index contributed by atoms with van der Waals surface area (Å²) in [6, 6.07) is 7.30. The molecule has 158 valence electrons. The highest BCUT2D eigenvalue weighted by molar-refractivity contribution is 9.10. The first kappa shape index (κ1) is 21.7. The smallest absolute Gasteiger partial charge is 0.342 e. The molecule has 0 aliphatic carbocycles. The lowest BCUT2D eigenvalue weighted by molar-refractivity contribution is -0.117. The first-order chi connectivity index (χ1) is 14.3. The Labute approximate surface area is 180 Å². The Kier molecular flexibility index (Phi) is 6.68. The van der Waals surface area contributed by atoms with Gasteiger partial charge in [0, 0.05) is 4.47 Å². The maximum absolute atomic E-state index is 12.6. The first-order valence-corrected chi connectivity index (χ1v) is 10.0. The van der Waals surface area contributed by atoms with Gasteiger partial charge in [0.05, 0.1) is 25.4 Å². The molecule has 2 aromatic heterocycles. The van der Waals surface area contributed by atoms with Gasteiger partial charge in [-0.1, -0.05) is 12.1 Å². The van der Waals surface area contributed by atoms with E-state index in [0.29, 0.717) is 11.5 Å². The number of rotatable bonds is 7. The summed E-state index contributed by atoms with van der Waals surface area (Å²) in [6.07, 6.45) is 0. The lowest BCUT2D eigenvalue weighted by Gasteiger charge is -2.16. The van der Waals surface area contributed by atoms with Gasteiger partial charge in [-0.25, -0.2) is 4.79 Å². The number of furan rings is 1. The Bertz CT molecular complexity index is 1150. The van der Waals surface area contributed by atoms with E-state index >= 15 is 0 Å². The number of aryl methyl sites for hydroxylation is 1. The van der Waals surface area contributed by atoms with Crippen LogP contribution in [-0.2, 0) is 16.1 Å². The van der Waals surface area contributed by atoms with Crippen molar-refractivity contribution in [2.45, 2.75) is 20.4 Å². The summed E-state index contributed by atoms with van der Waals surface area (Å²) in [6.45, 7) is 3.71. The molecule has 0 radical (unpaired) electrons. The predicted molar refractivity (Wildman–Crippen MR) is 114 cm³/mol. The van der Waals surface area contributed by atoms with Crippen LogP contribution in [0.4, 0.5) is 5.69 Å². The number of halogens is 1. The fraction of sp³-hybridized carbons (Fsp3) is 0.300. The zero-order chi connectivity index (χ0) is 21.8. The average molecular weight is 477 g/mol. The van der Waals surface area contributed by atoms with Gasteiger partial charge in [-0.15, -0.1) is 0 Å². The molecule has 10 heteroatoms. The number of nitrogens with one attached hydrogen (secondary N) is 2. The molecule has 0 spiro atoms. The van der Waals surface area contributed by atoms with Crippen molar-refractivity contribution in [1.82, 2.24) is 14.9 Å². The summed E-state index contributed by atoms with van der Waals surface area (Å²) in [5, 5.41) is 2.87. The standard InChI is InChI=1S/C20H21BrN4O5/c1-4-29-20(28)16-11(2)30-19-17(16)18(27)23-14(24-19)9-25(3)10-15(26)22-13-8-6-5-7-12(13)21/h5-8H,4,9-10H2,1-3H3,(H,22,26)(H,23,24,27). The van der Waals surface area contributed by atoms with E-state index in [9.17, 15) is 14.4 Å². The van der Waals surface area contributed by atoms with Crippen LogP contribution in [0.5, 0.6) is 0 Å². The Balaban J connectivity index is 1.74. The maximum Gasteiger partial charge on any atom is 0.342 e. The van der Waals surface area contributed by atoms with E-state index in [1.807, 2.05) is 18.2 Å². The van der Waals surface area contributed by atoms with Crippen molar-refractivity contribution in [2.24, 2.45) is 0 Å².